The lowest BCUT2D eigenvalue weighted by Gasteiger charge is -2.21. The number of carbonyl (C=O) groups is 1. The van der Waals surface area contributed by atoms with Gasteiger partial charge in [0.05, 0.1) is 11.9 Å². The van der Waals surface area contributed by atoms with Crippen LogP contribution in [-0.4, -0.2) is 42.0 Å². The Balaban J connectivity index is 1.90. The second kappa shape index (κ2) is 6.52. The Morgan fingerprint density at radius 2 is 2.21 bits per heavy atom. The highest BCUT2D eigenvalue weighted by Crippen LogP contribution is 2.15. The molecule has 1 fully saturated rings. The third kappa shape index (κ3) is 3.67. The molecular formula is C14H21N3O2. The third-order valence-corrected chi connectivity index (χ3v) is 3.23. The molecule has 1 aromatic heterocycles. The fraction of sp³-hybridized carbons (Fsp3) is 0.571. The summed E-state index contributed by atoms with van der Waals surface area (Å²) in [5, 5.41) is 3.04. The molecule has 1 atom stereocenters. The van der Waals surface area contributed by atoms with Crippen LogP contribution in [0.15, 0.2) is 18.3 Å². The average Bonchev–Trinajstić information content (AvgIpc) is 2.94. The largest absolute Gasteiger partial charge is 0.479 e. The average molecular weight is 263 g/mol. The highest BCUT2D eigenvalue weighted by Gasteiger charge is 2.24. The van der Waals surface area contributed by atoms with Gasteiger partial charge in [-0.3, -0.25) is 9.78 Å². The van der Waals surface area contributed by atoms with Crippen LogP contribution in [0.5, 0.6) is 5.75 Å². The number of pyridine rings is 1. The lowest BCUT2D eigenvalue weighted by molar-refractivity contribution is -0.136. The Labute approximate surface area is 114 Å². The van der Waals surface area contributed by atoms with Gasteiger partial charge in [-0.1, -0.05) is 0 Å². The monoisotopic (exact) mass is 263 g/mol. The lowest BCUT2D eigenvalue weighted by atomic mass is 10.3. The molecule has 0 spiro atoms. The standard InChI is InChI=1S/C14H21N3O2/c1-11(14(18)17-7-3-4-8-17)19-13-6-5-12(9-15-2)16-10-13/h5-6,10-11,15H,3-4,7-9H2,1-2H3. The van der Waals surface area contributed by atoms with Crippen molar-refractivity contribution in [1.82, 2.24) is 15.2 Å². The minimum absolute atomic E-state index is 0.0665. The fourth-order valence-corrected chi connectivity index (χ4v) is 2.22. The van der Waals surface area contributed by atoms with Crippen LogP contribution < -0.4 is 10.1 Å². The molecular weight excluding hydrogens is 242 g/mol. The second-order valence-electron chi connectivity index (χ2n) is 4.81. The molecule has 0 saturated carbocycles. The SMILES string of the molecule is CNCc1ccc(OC(C)C(=O)N2CCCC2)cn1. The van der Waals surface area contributed by atoms with Crippen LogP contribution in [0.3, 0.4) is 0 Å². The van der Waals surface area contributed by atoms with Gasteiger partial charge in [-0.05, 0) is 38.9 Å². The number of carbonyl (C=O) groups excluding carboxylic acids is 1. The molecule has 0 radical (unpaired) electrons. The summed E-state index contributed by atoms with van der Waals surface area (Å²) in [5.41, 5.74) is 0.952. The van der Waals surface area contributed by atoms with Crippen LogP contribution >= 0.6 is 0 Å². The van der Waals surface area contributed by atoms with Crippen molar-refractivity contribution in [1.29, 1.82) is 0 Å². The number of nitrogens with zero attached hydrogens (tertiary/aromatic N) is 2. The van der Waals surface area contributed by atoms with E-state index in [0.29, 0.717) is 5.75 Å². The number of hydrogen-bond donors (Lipinski definition) is 1. The van der Waals surface area contributed by atoms with Crippen molar-refractivity contribution < 1.29 is 9.53 Å². The number of hydrogen-bond acceptors (Lipinski definition) is 4. The minimum atomic E-state index is -0.449. The van der Waals surface area contributed by atoms with Crippen LogP contribution in [0.1, 0.15) is 25.5 Å². The molecule has 19 heavy (non-hydrogen) atoms. The van der Waals surface area contributed by atoms with Gasteiger partial charge in [0.25, 0.3) is 5.91 Å². The number of aromatic nitrogens is 1. The van der Waals surface area contributed by atoms with Gasteiger partial charge >= 0.3 is 0 Å². The Morgan fingerprint density at radius 1 is 1.47 bits per heavy atom. The molecule has 104 valence electrons. The molecule has 0 bridgehead atoms. The molecule has 0 aliphatic carbocycles. The maximum atomic E-state index is 12.1. The third-order valence-electron chi connectivity index (χ3n) is 3.23. The van der Waals surface area contributed by atoms with Gasteiger partial charge in [0.2, 0.25) is 0 Å². The molecule has 0 aromatic carbocycles. The molecule has 1 N–H and O–H groups in total. The van der Waals surface area contributed by atoms with Crippen molar-refractivity contribution in [2.24, 2.45) is 0 Å². The molecule has 2 rings (SSSR count). The van der Waals surface area contributed by atoms with Gasteiger partial charge in [-0.2, -0.15) is 0 Å². The van der Waals surface area contributed by atoms with Crippen LogP contribution in [0, 0.1) is 0 Å². The Bertz CT molecular complexity index is 413. The maximum absolute atomic E-state index is 12.1. The van der Waals surface area contributed by atoms with Gasteiger partial charge in [-0.15, -0.1) is 0 Å². The first-order chi connectivity index (χ1) is 9.20. The molecule has 5 heteroatoms. The van der Waals surface area contributed by atoms with Gasteiger partial charge in [0.15, 0.2) is 6.10 Å². The minimum Gasteiger partial charge on any atom is -0.479 e. The van der Waals surface area contributed by atoms with Crippen LogP contribution in [0.2, 0.25) is 0 Å². The summed E-state index contributed by atoms with van der Waals surface area (Å²) in [5.74, 6) is 0.705. The predicted octanol–water partition coefficient (Wildman–Crippen LogP) is 1.19. The maximum Gasteiger partial charge on any atom is 0.263 e. The summed E-state index contributed by atoms with van der Waals surface area (Å²) in [6, 6.07) is 3.76. The van der Waals surface area contributed by atoms with Crippen molar-refractivity contribution in [3.63, 3.8) is 0 Å². The van der Waals surface area contributed by atoms with Crippen molar-refractivity contribution in [3.05, 3.63) is 24.0 Å². The van der Waals surface area contributed by atoms with Crippen molar-refractivity contribution >= 4 is 5.91 Å². The predicted molar refractivity (Wildman–Crippen MR) is 72.9 cm³/mol. The van der Waals surface area contributed by atoms with E-state index in [0.717, 1.165) is 38.2 Å². The van der Waals surface area contributed by atoms with E-state index < -0.39 is 6.10 Å². The highest BCUT2D eigenvalue weighted by atomic mass is 16.5. The molecule has 1 aliphatic rings. The number of nitrogens with one attached hydrogen (secondary N) is 1. The summed E-state index contributed by atoms with van der Waals surface area (Å²) in [7, 11) is 1.88. The molecule has 1 amide bonds. The first kappa shape index (κ1) is 13.8. The normalized spacial score (nSPS) is 16.4. The van der Waals surface area contributed by atoms with Gasteiger partial charge in [-0.25, -0.2) is 0 Å². The van der Waals surface area contributed by atoms with Gasteiger partial charge in [0.1, 0.15) is 5.75 Å². The Hall–Kier alpha value is -1.62. The quantitative estimate of drug-likeness (QED) is 0.867. The van der Waals surface area contributed by atoms with E-state index in [1.54, 1.807) is 13.1 Å². The van der Waals surface area contributed by atoms with Gasteiger partial charge < -0.3 is 15.0 Å². The second-order valence-corrected chi connectivity index (χ2v) is 4.81. The lowest BCUT2D eigenvalue weighted by Crippen LogP contribution is -2.38. The van der Waals surface area contributed by atoms with E-state index in [9.17, 15) is 4.79 Å². The zero-order chi connectivity index (χ0) is 13.7. The molecule has 1 saturated heterocycles. The molecule has 2 heterocycles. The summed E-state index contributed by atoms with van der Waals surface area (Å²) < 4.78 is 5.65. The zero-order valence-electron chi connectivity index (χ0n) is 11.6. The van der Waals surface area contributed by atoms with Crippen molar-refractivity contribution in [3.8, 4) is 5.75 Å². The summed E-state index contributed by atoms with van der Waals surface area (Å²) in [6.07, 6.45) is 3.41. The van der Waals surface area contributed by atoms with Crippen LogP contribution in [0.25, 0.3) is 0 Å². The van der Waals surface area contributed by atoms with Crippen molar-refractivity contribution in [2.45, 2.75) is 32.4 Å². The summed E-state index contributed by atoms with van der Waals surface area (Å²) in [6.45, 7) is 4.22. The van der Waals surface area contributed by atoms with Gasteiger partial charge in [0, 0.05) is 19.6 Å². The van der Waals surface area contributed by atoms with E-state index in [2.05, 4.69) is 10.3 Å². The van der Waals surface area contributed by atoms with Crippen molar-refractivity contribution in [2.75, 3.05) is 20.1 Å². The number of ether oxygens (including phenoxy) is 1. The first-order valence-electron chi connectivity index (χ1n) is 6.75. The molecule has 1 unspecified atom stereocenters. The van der Waals surface area contributed by atoms with E-state index >= 15 is 0 Å². The van der Waals surface area contributed by atoms with E-state index in [-0.39, 0.29) is 5.91 Å². The first-order valence-corrected chi connectivity index (χ1v) is 6.75. The molecule has 5 nitrogen and oxygen atoms in total. The highest BCUT2D eigenvalue weighted by molar-refractivity contribution is 5.81. The zero-order valence-corrected chi connectivity index (χ0v) is 11.6. The number of rotatable bonds is 5. The summed E-state index contributed by atoms with van der Waals surface area (Å²) >= 11 is 0. The number of likely N-dealkylation sites (tertiary alicyclic amines) is 1. The molecule has 1 aromatic rings. The summed E-state index contributed by atoms with van der Waals surface area (Å²) in [4.78, 5) is 18.2. The van der Waals surface area contributed by atoms with E-state index in [1.165, 1.54) is 0 Å². The molecule has 1 aliphatic heterocycles. The fourth-order valence-electron chi connectivity index (χ4n) is 2.22. The topological polar surface area (TPSA) is 54.5 Å². The van der Waals surface area contributed by atoms with Crippen LogP contribution in [-0.2, 0) is 11.3 Å². The Morgan fingerprint density at radius 3 is 2.79 bits per heavy atom. The number of amides is 1. The van der Waals surface area contributed by atoms with E-state index in [1.807, 2.05) is 24.1 Å². The van der Waals surface area contributed by atoms with E-state index in [4.69, 9.17) is 4.74 Å². The Kier molecular flexibility index (Phi) is 4.74. The smallest absolute Gasteiger partial charge is 0.263 e. The van der Waals surface area contributed by atoms with Crippen LogP contribution in [0.4, 0.5) is 0 Å².